The van der Waals surface area contributed by atoms with Gasteiger partial charge >= 0.3 is 0 Å². The summed E-state index contributed by atoms with van der Waals surface area (Å²) in [7, 11) is 1.64. The number of ether oxygens (including phenoxy) is 1. The smallest absolute Gasteiger partial charge is 0.243 e. The zero-order valence-electron chi connectivity index (χ0n) is 23.1. The highest BCUT2D eigenvalue weighted by molar-refractivity contribution is 5.91. The average molecular weight is 518 g/mol. The fraction of sp³-hybridized carbons (Fsp3) is 0.294. The van der Waals surface area contributed by atoms with E-state index in [0.717, 1.165) is 35.0 Å². The second-order valence-corrected chi connectivity index (χ2v) is 10.6. The molecule has 5 rings (SSSR count). The maximum Gasteiger partial charge on any atom is 0.243 e. The van der Waals surface area contributed by atoms with Gasteiger partial charge in [-0.05, 0) is 60.4 Å². The molecule has 0 bridgehead atoms. The standard InChI is InChI=1S/C34H35N3O2/c1-24-11-9-17-30(25(24)2)36-19-21-37(22-20-36)33(38)34(3,23-35)32(29-15-7-8-18-31(29)39-4)28-16-10-13-26-12-5-6-14-27(26)28/h5-18,32H,19-22H2,1-4H3/t32-,34+/m0/s1. The number of amides is 1. The van der Waals surface area contributed by atoms with Gasteiger partial charge in [-0.3, -0.25) is 4.79 Å². The number of para-hydroxylation sites is 1. The number of anilines is 1. The van der Waals surface area contributed by atoms with Gasteiger partial charge in [0.25, 0.3) is 0 Å². The summed E-state index contributed by atoms with van der Waals surface area (Å²) in [4.78, 5) is 18.6. The molecule has 1 aliphatic rings. The van der Waals surface area contributed by atoms with Crippen molar-refractivity contribution >= 4 is 22.4 Å². The fourth-order valence-corrected chi connectivity index (χ4v) is 5.99. The highest BCUT2D eigenvalue weighted by Gasteiger charge is 2.47. The minimum atomic E-state index is -1.35. The van der Waals surface area contributed by atoms with Gasteiger partial charge in [0.1, 0.15) is 11.2 Å². The van der Waals surface area contributed by atoms with Gasteiger partial charge in [-0.1, -0.05) is 72.8 Å². The Hall–Kier alpha value is -4.30. The Morgan fingerprint density at radius 3 is 2.26 bits per heavy atom. The molecule has 0 unspecified atom stereocenters. The van der Waals surface area contributed by atoms with Gasteiger partial charge < -0.3 is 14.5 Å². The van der Waals surface area contributed by atoms with Crippen LogP contribution in [0.2, 0.25) is 0 Å². The number of benzene rings is 4. The molecule has 2 atom stereocenters. The number of rotatable bonds is 6. The molecule has 5 nitrogen and oxygen atoms in total. The summed E-state index contributed by atoms with van der Waals surface area (Å²) in [5.41, 5.74) is 4.18. The number of aryl methyl sites for hydroxylation is 1. The zero-order chi connectivity index (χ0) is 27.6. The third-order valence-electron chi connectivity index (χ3n) is 8.32. The van der Waals surface area contributed by atoms with E-state index in [1.807, 2.05) is 53.4 Å². The van der Waals surface area contributed by atoms with Crippen molar-refractivity contribution in [3.05, 3.63) is 107 Å². The molecule has 0 spiro atoms. The van der Waals surface area contributed by atoms with Gasteiger partial charge in [0, 0.05) is 43.3 Å². The van der Waals surface area contributed by atoms with Gasteiger partial charge in [0.15, 0.2) is 0 Å². The molecular formula is C34H35N3O2. The summed E-state index contributed by atoms with van der Waals surface area (Å²) >= 11 is 0. The summed E-state index contributed by atoms with van der Waals surface area (Å²) in [5.74, 6) is 0.00759. The summed E-state index contributed by atoms with van der Waals surface area (Å²) < 4.78 is 5.77. The third-order valence-corrected chi connectivity index (χ3v) is 8.32. The molecule has 0 radical (unpaired) electrons. The Kier molecular flexibility index (Phi) is 7.30. The SMILES string of the molecule is COc1ccccc1[C@H](c1cccc2ccccc12)[C@@](C)(C#N)C(=O)N1CCN(c2cccc(C)c2C)CC1. The molecule has 1 amide bonds. The topological polar surface area (TPSA) is 56.6 Å². The molecule has 0 N–H and O–H groups in total. The number of nitrogens with zero attached hydrogens (tertiary/aromatic N) is 3. The van der Waals surface area contributed by atoms with Crippen molar-refractivity contribution in [2.45, 2.75) is 26.7 Å². The van der Waals surface area contributed by atoms with Crippen molar-refractivity contribution in [2.24, 2.45) is 5.41 Å². The predicted molar refractivity (Wildman–Crippen MR) is 157 cm³/mol. The van der Waals surface area contributed by atoms with Crippen LogP contribution in [0.4, 0.5) is 5.69 Å². The molecule has 0 aliphatic carbocycles. The van der Waals surface area contributed by atoms with E-state index < -0.39 is 11.3 Å². The molecule has 1 heterocycles. The van der Waals surface area contributed by atoms with Crippen molar-refractivity contribution in [3.63, 3.8) is 0 Å². The molecule has 0 aromatic heterocycles. The van der Waals surface area contributed by atoms with Crippen LogP contribution in [0.15, 0.2) is 84.9 Å². The van der Waals surface area contributed by atoms with Crippen LogP contribution in [0.1, 0.15) is 35.1 Å². The van der Waals surface area contributed by atoms with E-state index in [1.165, 1.54) is 16.8 Å². The summed E-state index contributed by atoms with van der Waals surface area (Å²) in [5, 5.41) is 12.9. The highest BCUT2D eigenvalue weighted by Crippen LogP contribution is 2.47. The number of carbonyl (C=O) groups is 1. The van der Waals surface area contributed by atoms with Crippen molar-refractivity contribution in [1.82, 2.24) is 4.90 Å². The first-order chi connectivity index (χ1) is 18.9. The van der Waals surface area contributed by atoms with Gasteiger partial charge in [-0.15, -0.1) is 0 Å². The lowest BCUT2D eigenvalue weighted by molar-refractivity contribution is -0.139. The lowest BCUT2D eigenvalue weighted by atomic mass is 9.68. The van der Waals surface area contributed by atoms with E-state index in [0.29, 0.717) is 18.8 Å². The van der Waals surface area contributed by atoms with Crippen LogP contribution in [0.5, 0.6) is 5.75 Å². The van der Waals surface area contributed by atoms with E-state index in [4.69, 9.17) is 4.74 Å². The van der Waals surface area contributed by atoms with E-state index in [1.54, 1.807) is 14.0 Å². The maximum atomic E-state index is 14.4. The second kappa shape index (κ2) is 10.8. The van der Waals surface area contributed by atoms with Gasteiger partial charge in [-0.2, -0.15) is 5.26 Å². The highest BCUT2D eigenvalue weighted by atomic mass is 16.5. The summed E-state index contributed by atoms with van der Waals surface area (Å²) in [6.07, 6.45) is 0. The van der Waals surface area contributed by atoms with Gasteiger partial charge in [-0.25, -0.2) is 0 Å². The zero-order valence-corrected chi connectivity index (χ0v) is 23.1. The van der Waals surface area contributed by atoms with Crippen LogP contribution < -0.4 is 9.64 Å². The van der Waals surface area contributed by atoms with Crippen molar-refractivity contribution in [2.75, 3.05) is 38.2 Å². The first-order valence-electron chi connectivity index (χ1n) is 13.5. The van der Waals surface area contributed by atoms with Crippen LogP contribution in [0.25, 0.3) is 10.8 Å². The van der Waals surface area contributed by atoms with Crippen molar-refractivity contribution < 1.29 is 9.53 Å². The maximum absolute atomic E-state index is 14.4. The Bertz CT molecular complexity index is 1540. The Labute approximate surface area is 231 Å². The van der Waals surface area contributed by atoms with E-state index in [9.17, 15) is 10.1 Å². The first-order valence-corrected chi connectivity index (χ1v) is 13.5. The summed E-state index contributed by atoms with van der Waals surface area (Å²) in [6.45, 7) is 8.66. The molecule has 1 fully saturated rings. The van der Waals surface area contributed by atoms with Crippen LogP contribution in [0.3, 0.4) is 0 Å². The Morgan fingerprint density at radius 2 is 1.51 bits per heavy atom. The molecule has 4 aromatic carbocycles. The average Bonchev–Trinajstić information content (AvgIpc) is 2.98. The number of methoxy groups -OCH3 is 1. The fourth-order valence-electron chi connectivity index (χ4n) is 5.99. The Balaban J connectivity index is 1.54. The Morgan fingerprint density at radius 1 is 0.872 bits per heavy atom. The monoisotopic (exact) mass is 517 g/mol. The lowest BCUT2D eigenvalue weighted by Crippen LogP contribution is -2.54. The van der Waals surface area contributed by atoms with E-state index >= 15 is 0 Å². The van der Waals surface area contributed by atoms with Crippen LogP contribution in [0, 0.1) is 30.6 Å². The minimum Gasteiger partial charge on any atom is -0.496 e. The first kappa shape index (κ1) is 26.3. The number of piperazine rings is 1. The van der Waals surface area contributed by atoms with Crippen LogP contribution >= 0.6 is 0 Å². The van der Waals surface area contributed by atoms with Crippen LogP contribution in [-0.2, 0) is 4.79 Å². The van der Waals surface area contributed by atoms with E-state index in [2.05, 4.69) is 61.2 Å². The second-order valence-electron chi connectivity index (χ2n) is 10.6. The van der Waals surface area contributed by atoms with E-state index in [-0.39, 0.29) is 5.91 Å². The molecule has 5 heteroatoms. The molecule has 39 heavy (non-hydrogen) atoms. The molecule has 4 aromatic rings. The largest absolute Gasteiger partial charge is 0.496 e. The van der Waals surface area contributed by atoms with Gasteiger partial charge in [0.2, 0.25) is 5.91 Å². The lowest BCUT2D eigenvalue weighted by Gasteiger charge is -2.41. The van der Waals surface area contributed by atoms with Crippen molar-refractivity contribution in [1.29, 1.82) is 5.26 Å². The number of hydrogen-bond donors (Lipinski definition) is 0. The number of fused-ring (bicyclic) bond motifs is 1. The number of hydrogen-bond acceptors (Lipinski definition) is 4. The molecular weight excluding hydrogens is 482 g/mol. The molecule has 1 aliphatic heterocycles. The molecule has 0 saturated carbocycles. The number of carbonyl (C=O) groups excluding carboxylic acids is 1. The third kappa shape index (κ3) is 4.72. The molecule has 1 saturated heterocycles. The van der Waals surface area contributed by atoms with Gasteiger partial charge in [0.05, 0.1) is 13.2 Å². The predicted octanol–water partition coefficient (Wildman–Crippen LogP) is 6.48. The minimum absolute atomic E-state index is 0.144. The summed E-state index contributed by atoms with van der Waals surface area (Å²) in [6, 6.07) is 30.9. The number of nitriles is 1. The molecule has 198 valence electrons. The quantitative estimate of drug-likeness (QED) is 0.294. The normalized spacial score (nSPS) is 15.9. The van der Waals surface area contributed by atoms with Crippen LogP contribution in [-0.4, -0.2) is 44.1 Å². The van der Waals surface area contributed by atoms with Crippen molar-refractivity contribution in [3.8, 4) is 11.8 Å².